The second-order valence-corrected chi connectivity index (χ2v) is 8.75. The Labute approximate surface area is 194 Å². The molecule has 1 aliphatic rings. The predicted molar refractivity (Wildman–Crippen MR) is 127 cm³/mol. The Kier molecular flexibility index (Phi) is 5.67. The van der Waals surface area contributed by atoms with Gasteiger partial charge in [-0.1, -0.05) is 36.5 Å². The molecule has 2 aromatic carbocycles. The van der Waals surface area contributed by atoms with Crippen LogP contribution in [0.15, 0.2) is 53.5 Å². The molecule has 5 rings (SSSR count). The molecule has 33 heavy (non-hydrogen) atoms. The molecule has 0 bridgehead atoms. The van der Waals surface area contributed by atoms with Crippen molar-refractivity contribution in [2.45, 2.75) is 44.4 Å². The molecule has 0 saturated carbocycles. The van der Waals surface area contributed by atoms with Gasteiger partial charge in [-0.15, -0.1) is 0 Å². The maximum absolute atomic E-state index is 12.5. The largest absolute Gasteiger partial charge is 0.394 e. The number of hydrogen-bond donors (Lipinski definition) is 4. The summed E-state index contributed by atoms with van der Waals surface area (Å²) in [4.78, 5) is 15.2. The van der Waals surface area contributed by atoms with Gasteiger partial charge in [0.05, 0.1) is 6.61 Å². The lowest BCUT2D eigenvalue weighted by Crippen LogP contribution is -2.36. The van der Waals surface area contributed by atoms with Crippen LogP contribution >= 0.6 is 12.2 Å². The summed E-state index contributed by atoms with van der Waals surface area (Å²) in [7, 11) is 0. The Morgan fingerprint density at radius 3 is 2.58 bits per heavy atom. The minimum Gasteiger partial charge on any atom is -0.394 e. The maximum atomic E-state index is 12.5. The first-order chi connectivity index (χ1) is 15.9. The van der Waals surface area contributed by atoms with Gasteiger partial charge in [0.25, 0.3) is 0 Å². The predicted octanol–water partition coefficient (Wildman–Crippen LogP) is 2.24. The summed E-state index contributed by atoms with van der Waals surface area (Å²) in [6.45, 7) is 2.52. The summed E-state index contributed by atoms with van der Waals surface area (Å²) in [5.74, 6) is 0. The van der Waals surface area contributed by atoms with Gasteiger partial charge in [0.2, 0.25) is 0 Å². The zero-order chi connectivity index (χ0) is 23.3. The van der Waals surface area contributed by atoms with Gasteiger partial charge in [0.1, 0.15) is 23.0 Å². The van der Waals surface area contributed by atoms with Gasteiger partial charge in [-0.25, -0.2) is 4.79 Å². The number of aliphatic hydroxyl groups is 3. The van der Waals surface area contributed by atoms with Crippen molar-refractivity contribution in [3.05, 3.63) is 74.9 Å². The Morgan fingerprint density at radius 1 is 1.09 bits per heavy atom. The van der Waals surface area contributed by atoms with Crippen molar-refractivity contribution >= 4 is 34.0 Å². The van der Waals surface area contributed by atoms with Crippen molar-refractivity contribution in [1.82, 2.24) is 14.1 Å². The van der Waals surface area contributed by atoms with Gasteiger partial charge < -0.3 is 24.6 Å². The van der Waals surface area contributed by atoms with Gasteiger partial charge >= 0.3 is 5.69 Å². The molecule has 172 valence electrons. The molecule has 1 fully saturated rings. The van der Waals surface area contributed by atoms with Crippen LogP contribution in [-0.2, 0) is 17.7 Å². The third-order valence-corrected chi connectivity index (χ3v) is 6.74. The molecule has 0 aliphatic carbocycles. The summed E-state index contributed by atoms with van der Waals surface area (Å²) in [5, 5.41) is 32.1. The number of nitrogens with one attached hydrogen (secondary N) is 1. The molecule has 2 aromatic heterocycles. The van der Waals surface area contributed by atoms with Crippen LogP contribution in [0.25, 0.3) is 21.8 Å². The topological polar surface area (TPSA) is 113 Å². The minimum atomic E-state index is -1.35. The molecule has 3 heterocycles. The lowest BCUT2D eigenvalue weighted by Gasteiger charge is -2.18. The number of hydrogen-bond acceptors (Lipinski definition) is 6. The van der Waals surface area contributed by atoms with E-state index in [0.29, 0.717) is 16.6 Å². The van der Waals surface area contributed by atoms with Crippen molar-refractivity contribution in [3.63, 3.8) is 0 Å². The number of fused-ring (bicyclic) bond motifs is 3. The van der Waals surface area contributed by atoms with Crippen LogP contribution in [0.1, 0.15) is 24.3 Å². The van der Waals surface area contributed by atoms with E-state index in [1.807, 2.05) is 18.2 Å². The number of aromatic amines is 1. The second kappa shape index (κ2) is 8.51. The van der Waals surface area contributed by atoms with E-state index in [-0.39, 0.29) is 0 Å². The lowest BCUT2D eigenvalue weighted by atomic mass is 10.0. The SMILES string of the molecule is CCn1c2ccccc2c2cc(Cc3cn([C@H]4O[C@@H](CO)C(O)C4O)c(=O)[nH]c3=S)ccc21. The maximum Gasteiger partial charge on any atom is 0.328 e. The molecule has 4 aromatic rings. The number of benzene rings is 2. The summed E-state index contributed by atoms with van der Waals surface area (Å²) in [5.41, 5.74) is 3.49. The fraction of sp³-hybridized carbons (Fsp3) is 0.333. The van der Waals surface area contributed by atoms with Crippen LogP contribution in [0.4, 0.5) is 0 Å². The second-order valence-electron chi connectivity index (χ2n) is 8.34. The van der Waals surface area contributed by atoms with Crippen molar-refractivity contribution in [2.75, 3.05) is 6.61 Å². The van der Waals surface area contributed by atoms with E-state index in [1.54, 1.807) is 6.20 Å². The van der Waals surface area contributed by atoms with Crippen molar-refractivity contribution in [3.8, 4) is 0 Å². The molecular formula is C24H25N3O5S. The number of aromatic nitrogens is 3. The van der Waals surface area contributed by atoms with Gasteiger partial charge in [0, 0.05) is 46.5 Å². The highest BCUT2D eigenvalue weighted by molar-refractivity contribution is 7.71. The van der Waals surface area contributed by atoms with E-state index in [4.69, 9.17) is 17.0 Å². The number of nitrogens with zero attached hydrogens (tertiary/aromatic N) is 2. The molecule has 4 N–H and O–H groups in total. The third kappa shape index (κ3) is 3.62. The van der Waals surface area contributed by atoms with E-state index in [1.165, 1.54) is 15.5 Å². The van der Waals surface area contributed by atoms with Gasteiger partial charge in [-0.05, 0) is 30.7 Å². The molecule has 4 atom stereocenters. The van der Waals surface area contributed by atoms with E-state index in [0.717, 1.165) is 23.0 Å². The summed E-state index contributed by atoms with van der Waals surface area (Å²) >= 11 is 5.40. The average molecular weight is 468 g/mol. The Morgan fingerprint density at radius 2 is 1.85 bits per heavy atom. The highest BCUT2D eigenvalue weighted by Crippen LogP contribution is 2.31. The summed E-state index contributed by atoms with van der Waals surface area (Å²) in [6, 6.07) is 14.6. The van der Waals surface area contributed by atoms with Gasteiger partial charge in [0.15, 0.2) is 6.23 Å². The normalized spacial score (nSPS) is 23.0. The number of aliphatic hydroxyl groups excluding tert-OH is 3. The van der Waals surface area contributed by atoms with E-state index in [2.05, 4.69) is 40.7 Å². The standard InChI is InChI=1S/C24H25N3O5S/c1-2-26-17-6-4-3-5-15(17)16-10-13(7-8-18(16)26)9-14-11-27(24(31)25-22(14)33)23-21(30)20(29)19(12-28)32-23/h3-8,10-11,19-21,23,28-30H,2,9,12H2,1H3,(H,25,31,33)/t19-,20?,21?,23-/m0/s1. The van der Waals surface area contributed by atoms with Crippen LogP contribution < -0.4 is 5.69 Å². The Balaban J connectivity index is 1.55. The smallest absolute Gasteiger partial charge is 0.328 e. The number of rotatable bonds is 5. The molecule has 0 radical (unpaired) electrons. The fourth-order valence-electron chi connectivity index (χ4n) is 4.72. The van der Waals surface area contributed by atoms with Gasteiger partial charge in [-0.2, -0.15) is 0 Å². The Hall–Kier alpha value is -2.82. The molecule has 1 aliphatic heterocycles. The van der Waals surface area contributed by atoms with Crippen molar-refractivity contribution < 1.29 is 20.1 Å². The van der Waals surface area contributed by atoms with E-state index >= 15 is 0 Å². The van der Waals surface area contributed by atoms with Crippen molar-refractivity contribution in [2.24, 2.45) is 0 Å². The van der Waals surface area contributed by atoms with Crippen LogP contribution in [0.2, 0.25) is 0 Å². The molecule has 2 unspecified atom stereocenters. The van der Waals surface area contributed by atoms with Crippen LogP contribution in [-0.4, -0.2) is 54.4 Å². The molecule has 8 nitrogen and oxygen atoms in total. The molecular weight excluding hydrogens is 442 g/mol. The number of para-hydroxylation sites is 1. The summed E-state index contributed by atoms with van der Waals surface area (Å²) in [6.07, 6.45) is -2.72. The van der Waals surface area contributed by atoms with Crippen LogP contribution in [0.3, 0.4) is 0 Å². The first kappa shape index (κ1) is 22.0. The van der Waals surface area contributed by atoms with Crippen LogP contribution in [0.5, 0.6) is 0 Å². The van der Waals surface area contributed by atoms with E-state index in [9.17, 15) is 20.1 Å². The van der Waals surface area contributed by atoms with Gasteiger partial charge in [-0.3, -0.25) is 9.55 Å². The van der Waals surface area contributed by atoms with E-state index < -0.39 is 36.8 Å². The Bertz CT molecular complexity index is 1460. The fourth-order valence-corrected chi connectivity index (χ4v) is 4.94. The average Bonchev–Trinajstić information content (AvgIpc) is 3.29. The molecule has 0 spiro atoms. The highest BCUT2D eigenvalue weighted by atomic mass is 32.1. The first-order valence-corrected chi connectivity index (χ1v) is 11.3. The first-order valence-electron chi connectivity index (χ1n) is 10.9. The van der Waals surface area contributed by atoms with Crippen molar-refractivity contribution in [1.29, 1.82) is 0 Å². The zero-order valence-electron chi connectivity index (χ0n) is 18.0. The van der Waals surface area contributed by atoms with Crippen LogP contribution in [0, 0.1) is 4.64 Å². The quantitative estimate of drug-likeness (QED) is 0.335. The zero-order valence-corrected chi connectivity index (χ0v) is 18.8. The number of ether oxygens (including phenoxy) is 1. The number of H-pyrrole nitrogens is 1. The molecule has 1 saturated heterocycles. The monoisotopic (exact) mass is 467 g/mol. The molecule has 0 amide bonds. The minimum absolute atomic E-state index is 0.305. The summed E-state index contributed by atoms with van der Waals surface area (Å²) < 4.78 is 9.30. The third-order valence-electron chi connectivity index (χ3n) is 6.38. The molecule has 9 heteroatoms. The lowest BCUT2D eigenvalue weighted by molar-refractivity contribution is -0.0551. The highest BCUT2D eigenvalue weighted by Gasteiger charge is 2.43. The number of aryl methyl sites for hydroxylation is 1.